The molecule has 0 unspecified atom stereocenters. The average Bonchev–Trinajstić information content (AvgIpc) is 2.93. The predicted octanol–water partition coefficient (Wildman–Crippen LogP) is 4.99. The molecule has 192 valence electrons. The molecule has 0 saturated carbocycles. The number of esters is 1. The van der Waals surface area contributed by atoms with E-state index >= 15 is 0 Å². The van der Waals surface area contributed by atoms with Crippen LogP contribution in [-0.2, 0) is 4.79 Å². The van der Waals surface area contributed by atoms with Gasteiger partial charge in [-0.05, 0) is 71.8 Å². The van der Waals surface area contributed by atoms with E-state index in [0.717, 1.165) is 10.8 Å². The second-order valence-corrected chi connectivity index (χ2v) is 8.47. The van der Waals surface area contributed by atoms with Crippen LogP contribution in [0.25, 0.3) is 10.8 Å². The number of ether oxygens (including phenoxy) is 2. The van der Waals surface area contributed by atoms with Crippen molar-refractivity contribution in [2.45, 2.75) is 6.92 Å². The number of rotatable bonds is 9. The standard InChI is InChI=1S/C29H24ClN3O5/c1-2-37-26-16-19(10-15-25(26)38-29(36)21-11-13-22(30)14-12-21)17-32-33-27(34)18-31-28(35)24-9-5-7-20-6-3-4-8-23(20)24/h3-17H,2,18H2,1H3,(H,31,35)(H,33,34). The van der Waals surface area contributed by atoms with Crippen LogP contribution in [0.3, 0.4) is 0 Å². The lowest BCUT2D eigenvalue weighted by atomic mass is 10.0. The number of fused-ring (bicyclic) bond motifs is 1. The van der Waals surface area contributed by atoms with Crippen LogP contribution in [0.1, 0.15) is 33.2 Å². The van der Waals surface area contributed by atoms with Crippen molar-refractivity contribution in [3.8, 4) is 11.5 Å². The summed E-state index contributed by atoms with van der Waals surface area (Å²) < 4.78 is 11.1. The Morgan fingerprint density at radius 3 is 2.47 bits per heavy atom. The SMILES string of the molecule is CCOc1cc(C=NNC(=O)CNC(=O)c2cccc3ccccc23)ccc1OC(=O)c1ccc(Cl)cc1. The van der Waals surface area contributed by atoms with E-state index < -0.39 is 11.9 Å². The lowest BCUT2D eigenvalue weighted by Gasteiger charge is -2.11. The highest BCUT2D eigenvalue weighted by molar-refractivity contribution is 6.30. The zero-order valence-corrected chi connectivity index (χ0v) is 21.2. The van der Waals surface area contributed by atoms with Crippen molar-refractivity contribution < 1.29 is 23.9 Å². The van der Waals surface area contributed by atoms with Gasteiger partial charge in [0.25, 0.3) is 11.8 Å². The number of benzene rings is 4. The second-order valence-electron chi connectivity index (χ2n) is 8.04. The topological polar surface area (TPSA) is 106 Å². The summed E-state index contributed by atoms with van der Waals surface area (Å²) in [5.41, 5.74) is 3.81. The molecule has 0 heterocycles. The summed E-state index contributed by atoms with van der Waals surface area (Å²) in [7, 11) is 0. The fourth-order valence-corrected chi connectivity index (χ4v) is 3.73. The molecule has 0 fully saturated rings. The average molecular weight is 530 g/mol. The van der Waals surface area contributed by atoms with Gasteiger partial charge in [-0.3, -0.25) is 9.59 Å². The molecule has 4 aromatic rings. The van der Waals surface area contributed by atoms with Gasteiger partial charge >= 0.3 is 5.97 Å². The minimum Gasteiger partial charge on any atom is -0.490 e. The molecular weight excluding hydrogens is 506 g/mol. The largest absolute Gasteiger partial charge is 0.490 e. The molecule has 0 spiro atoms. The van der Waals surface area contributed by atoms with Crippen LogP contribution in [0.4, 0.5) is 0 Å². The number of carbonyl (C=O) groups is 3. The van der Waals surface area contributed by atoms with Crippen LogP contribution < -0.4 is 20.2 Å². The van der Waals surface area contributed by atoms with Gasteiger partial charge in [-0.2, -0.15) is 5.10 Å². The monoisotopic (exact) mass is 529 g/mol. The molecule has 9 heteroatoms. The molecule has 0 bridgehead atoms. The number of hydrogen-bond acceptors (Lipinski definition) is 6. The Balaban J connectivity index is 1.34. The first-order valence-corrected chi connectivity index (χ1v) is 12.1. The zero-order chi connectivity index (χ0) is 26.9. The molecule has 0 saturated heterocycles. The van der Waals surface area contributed by atoms with Crippen LogP contribution in [0.2, 0.25) is 5.02 Å². The Kier molecular flexibility index (Phi) is 8.69. The molecule has 4 rings (SSSR count). The molecule has 0 radical (unpaired) electrons. The first-order chi connectivity index (χ1) is 18.4. The Morgan fingerprint density at radius 2 is 1.68 bits per heavy atom. The molecule has 0 aromatic heterocycles. The maximum Gasteiger partial charge on any atom is 0.343 e. The van der Waals surface area contributed by atoms with Crippen molar-refractivity contribution in [1.82, 2.24) is 10.7 Å². The van der Waals surface area contributed by atoms with Crippen molar-refractivity contribution in [2.75, 3.05) is 13.2 Å². The number of hydrogen-bond donors (Lipinski definition) is 2. The summed E-state index contributed by atoms with van der Waals surface area (Å²) >= 11 is 5.87. The van der Waals surface area contributed by atoms with Crippen molar-refractivity contribution >= 4 is 46.4 Å². The van der Waals surface area contributed by atoms with Gasteiger partial charge in [-0.25, -0.2) is 10.2 Å². The predicted molar refractivity (Wildman–Crippen MR) is 146 cm³/mol. The van der Waals surface area contributed by atoms with E-state index in [-0.39, 0.29) is 18.2 Å². The van der Waals surface area contributed by atoms with Gasteiger partial charge < -0.3 is 14.8 Å². The lowest BCUT2D eigenvalue weighted by molar-refractivity contribution is -0.120. The number of amides is 2. The highest BCUT2D eigenvalue weighted by Crippen LogP contribution is 2.29. The molecule has 4 aromatic carbocycles. The van der Waals surface area contributed by atoms with Gasteiger partial charge in [-0.15, -0.1) is 0 Å². The lowest BCUT2D eigenvalue weighted by Crippen LogP contribution is -2.35. The van der Waals surface area contributed by atoms with E-state index in [9.17, 15) is 14.4 Å². The van der Waals surface area contributed by atoms with E-state index in [4.69, 9.17) is 21.1 Å². The van der Waals surface area contributed by atoms with Crippen LogP contribution in [0.5, 0.6) is 11.5 Å². The van der Waals surface area contributed by atoms with Gasteiger partial charge in [-0.1, -0.05) is 48.0 Å². The number of halogens is 1. The molecule has 2 N–H and O–H groups in total. The Bertz CT molecular complexity index is 1500. The van der Waals surface area contributed by atoms with Crippen LogP contribution >= 0.6 is 11.6 Å². The smallest absolute Gasteiger partial charge is 0.343 e. The van der Waals surface area contributed by atoms with Crippen molar-refractivity contribution in [3.05, 3.63) is 107 Å². The maximum atomic E-state index is 12.6. The molecule has 2 amide bonds. The third kappa shape index (κ3) is 6.74. The highest BCUT2D eigenvalue weighted by atomic mass is 35.5. The molecular formula is C29H24ClN3O5. The van der Waals surface area contributed by atoms with Gasteiger partial charge in [0.05, 0.1) is 24.9 Å². The summed E-state index contributed by atoms with van der Waals surface area (Å²) in [6.07, 6.45) is 1.41. The summed E-state index contributed by atoms with van der Waals surface area (Å²) in [5.74, 6) is -0.821. The molecule has 0 aliphatic carbocycles. The van der Waals surface area contributed by atoms with E-state index in [1.165, 1.54) is 6.21 Å². The third-order valence-corrected chi connectivity index (χ3v) is 5.65. The van der Waals surface area contributed by atoms with E-state index in [0.29, 0.717) is 34.1 Å². The van der Waals surface area contributed by atoms with E-state index in [1.807, 2.05) is 30.3 Å². The second kappa shape index (κ2) is 12.5. The van der Waals surface area contributed by atoms with Crippen molar-refractivity contribution in [3.63, 3.8) is 0 Å². The van der Waals surface area contributed by atoms with Crippen molar-refractivity contribution in [2.24, 2.45) is 5.10 Å². The molecule has 38 heavy (non-hydrogen) atoms. The number of carbonyl (C=O) groups excluding carboxylic acids is 3. The van der Waals surface area contributed by atoms with Gasteiger partial charge in [0, 0.05) is 10.6 Å². The first kappa shape index (κ1) is 26.4. The normalized spacial score (nSPS) is 10.8. The molecule has 8 nitrogen and oxygen atoms in total. The Labute approximate surface area is 224 Å². The summed E-state index contributed by atoms with van der Waals surface area (Å²) in [6.45, 7) is 1.90. The Morgan fingerprint density at radius 1 is 0.921 bits per heavy atom. The van der Waals surface area contributed by atoms with Crippen molar-refractivity contribution in [1.29, 1.82) is 0 Å². The van der Waals surface area contributed by atoms with Crippen LogP contribution in [-0.4, -0.2) is 37.1 Å². The van der Waals surface area contributed by atoms with Gasteiger partial charge in [0.15, 0.2) is 11.5 Å². The quantitative estimate of drug-likeness (QED) is 0.137. The maximum absolute atomic E-state index is 12.6. The number of hydrazone groups is 1. The summed E-state index contributed by atoms with van der Waals surface area (Å²) in [6, 6.07) is 24.1. The number of nitrogens with zero attached hydrogens (tertiary/aromatic N) is 1. The highest BCUT2D eigenvalue weighted by Gasteiger charge is 2.14. The van der Waals surface area contributed by atoms with E-state index in [2.05, 4.69) is 15.8 Å². The summed E-state index contributed by atoms with van der Waals surface area (Å²) in [5, 5.41) is 8.80. The minimum absolute atomic E-state index is 0.240. The van der Waals surface area contributed by atoms with Gasteiger partial charge in [0.2, 0.25) is 0 Å². The first-order valence-electron chi connectivity index (χ1n) is 11.8. The molecule has 0 aliphatic heterocycles. The molecule has 0 atom stereocenters. The minimum atomic E-state index is -0.554. The Hall–Kier alpha value is -4.69. The number of nitrogens with one attached hydrogen (secondary N) is 2. The van der Waals surface area contributed by atoms with E-state index in [1.54, 1.807) is 61.5 Å². The van der Waals surface area contributed by atoms with Crippen LogP contribution in [0.15, 0.2) is 90.0 Å². The van der Waals surface area contributed by atoms with Crippen LogP contribution in [0, 0.1) is 0 Å². The van der Waals surface area contributed by atoms with Gasteiger partial charge in [0.1, 0.15) is 0 Å². The fraction of sp³-hybridized carbons (Fsp3) is 0.103. The zero-order valence-electron chi connectivity index (χ0n) is 20.4. The summed E-state index contributed by atoms with van der Waals surface area (Å²) in [4.78, 5) is 37.2. The third-order valence-electron chi connectivity index (χ3n) is 5.40. The fourth-order valence-electron chi connectivity index (χ4n) is 3.60. The molecule has 0 aliphatic rings.